The number of nitrogens with one attached hydrogen (secondary N) is 1. The highest BCUT2D eigenvalue weighted by Crippen LogP contribution is 2.28. The Balaban J connectivity index is 1.43. The molecule has 0 heterocycles. The quantitative estimate of drug-likeness (QED) is 0.153. The van der Waals surface area contributed by atoms with E-state index in [0.717, 1.165) is 15.6 Å². The van der Waals surface area contributed by atoms with Crippen molar-refractivity contribution in [3.63, 3.8) is 0 Å². The lowest BCUT2D eigenvalue weighted by molar-refractivity contribution is -0.112. The molecule has 0 aliphatic rings. The monoisotopic (exact) mass is 606 g/mol. The Bertz CT molecular complexity index is 1500. The highest BCUT2D eigenvalue weighted by Gasteiger charge is 2.13. The lowest BCUT2D eigenvalue weighted by Gasteiger charge is -2.11. The first kappa shape index (κ1) is 27.3. The van der Waals surface area contributed by atoms with Gasteiger partial charge in [-0.3, -0.25) is 4.79 Å². The molecule has 4 aromatic carbocycles. The predicted molar refractivity (Wildman–Crippen MR) is 154 cm³/mol. The fourth-order valence-corrected chi connectivity index (χ4v) is 4.13. The van der Waals surface area contributed by atoms with Crippen LogP contribution in [-0.2, 0) is 18.0 Å². The van der Waals surface area contributed by atoms with E-state index in [-0.39, 0.29) is 12.2 Å². The van der Waals surface area contributed by atoms with Crippen LogP contribution in [-0.4, -0.2) is 5.91 Å². The van der Waals surface area contributed by atoms with Crippen LogP contribution in [0.3, 0.4) is 0 Å². The summed E-state index contributed by atoms with van der Waals surface area (Å²) in [5, 5.41) is 13.3. The van der Waals surface area contributed by atoms with E-state index in [1.807, 2.05) is 48.5 Å². The Morgan fingerprint density at radius 3 is 2.32 bits per heavy atom. The van der Waals surface area contributed by atoms with Crippen molar-refractivity contribution >= 4 is 56.8 Å². The molecule has 190 valence electrons. The number of ether oxygens (including phenoxy) is 2. The van der Waals surface area contributed by atoms with E-state index in [0.29, 0.717) is 39.4 Å². The average molecular weight is 608 g/mol. The van der Waals surface area contributed by atoms with Crippen molar-refractivity contribution < 1.29 is 14.3 Å². The molecule has 0 spiro atoms. The molecule has 0 radical (unpaired) electrons. The van der Waals surface area contributed by atoms with E-state index in [1.54, 1.807) is 48.5 Å². The second-order valence-corrected chi connectivity index (χ2v) is 9.87. The molecule has 0 aliphatic carbocycles. The summed E-state index contributed by atoms with van der Waals surface area (Å²) in [6, 6.07) is 29.4. The second kappa shape index (κ2) is 13.2. The third-order valence-electron chi connectivity index (χ3n) is 5.38. The van der Waals surface area contributed by atoms with Gasteiger partial charge in [-0.05, 0) is 71.8 Å². The third kappa shape index (κ3) is 7.62. The lowest BCUT2D eigenvalue weighted by Crippen LogP contribution is -2.13. The van der Waals surface area contributed by atoms with Gasteiger partial charge >= 0.3 is 0 Å². The minimum atomic E-state index is -0.541. The Labute approximate surface area is 239 Å². The van der Waals surface area contributed by atoms with Crippen molar-refractivity contribution in [1.82, 2.24) is 0 Å². The maximum atomic E-state index is 12.9. The van der Waals surface area contributed by atoms with E-state index in [1.165, 1.54) is 6.08 Å². The van der Waals surface area contributed by atoms with Gasteiger partial charge in [-0.2, -0.15) is 5.26 Å². The van der Waals surface area contributed by atoms with Gasteiger partial charge in [0.15, 0.2) is 0 Å². The van der Waals surface area contributed by atoms with Crippen LogP contribution in [0.5, 0.6) is 11.5 Å². The normalized spacial score (nSPS) is 10.9. The van der Waals surface area contributed by atoms with E-state index in [4.69, 9.17) is 32.7 Å². The summed E-state index contributed by atoms with van der Waals surface area (Å²) < 4.78 is 12.5. The highest BCUT2D eigenvalue weighted by molar-refractivity contribution is 9.10. The van der Waals surface area contributed by atoms with Crippen LogP contribution in [0.1, 0.15) is 16.7 Å². The minimum Gasteiger partial charge on any atom is -0.489 e. The molecule has 1 N–H and O–H groups in total. The van der Waals surface area contributed by atoms with Crippen LogP contribution in [0, 0.1) is 11.3 Å². The van der Waals surface area contributed by atoms with Gasteiger partial charge < -0.3 is 14.8 Å². The average Bonchev–Trinajstić information content (AvgIpc) is 2.93. The summed E-state index contributed by atoms with van der Waals surface area (Å²) in [5.41, 5.74) is 2.91. The Morgan fingerprint density at radius 1 is 0.868 bits per heavy atom. The highest BCUT2D eigenvalue weighted by atomic mass is 79.9. The predicted octanol–water partition coefficient (Wildman–Crippen LogP) is 8.46. The molecule has 38 heavy (non-hydrogen) atoms. The van der Waals surface area contributed by atoms with E-state index in [9.17, 15) is 10.1 Å². The summed E-state index contributed by atoms with van der Waals surface area (Å²) in [6.45, 7) is 0.669. The minimum absolute atomic E-state index is 0.0770. The topological polar surface area (TPSA) is 71.3 Å². The molecule has 0 unspecified atom stereocenters. The molecule has 0 aromatic heterocycles. The second-order valence-electron chi connectivity index (χ2n) is 8.14. The fourth-order valence-electron chi connectivity index (χ4n) is 3.43. The number of carbonyl (C=O) groups excluding carboxylic acids is 1. The molecule has 4 aromatic rings. The van der Waals surface area contributed by atoms with Crippen LogP contribution in [0.4, 0.5) is 5.69 Å². The number of halogens is 3. The zero-order chi connectivity index (χ0) is 26.9. The molecule has 4 rings (SSSR count). The van der Waals surface area contributed by atoms with Crippen molar-refractivity contribution in [3.05, 3.63) is 128 Å². The zero-order valence-corrected chi connectivity index (χ0v) is 23.1. The van der Waals surface area contributed by atoms with Crippen molar-refractivity contribution in [2.24, 2.45) is 0 Å². The number of amides is 1. The van der Waals surface area contributed by atoms with Gasteiger partial charge in [0.05, 0.1) is 10.0 Å². The molecule has 0 saturated carbocycles. The number of nitrogens with zero attached hydrogens (tertiary/aromatic N) is 1. The van der Waals surface area contributed by atoms with Crippen molar-refractivity contribution in [2.75, 3.05) is 5.32 Å². The van der Waals surface area contributed by atoms with Gasteiger partial charge in [0.2, 0.25) is 0 Å². The fraction of sp³-hybridized carbons (Fsp3) is 0.0667. The van der Waals surface area contributed by atoms with E-state index >= 15 is 0 Å². The number of carbonyl (C=O) groups is 1. The number of rotatable bonds is 9. The Kier molecular flexibility index (Phi) is 9.45. The molecule has 0 aliphatic heterocycles. The molecule has 0 fully saturated rings. The van der Waals surface area contributed by atoms with Gasteiger partial charge in [-0.15, -0.1) is 0 Å². The summed E-state index contributed by atoms with van der Waals surface area (Å²) in [4.78, 5) is 12.9. The molecule has 0 saturated heterocycles. The van der Waals surface area contributed by atoms with Gasteiger partial charge in [0.1, 0.15) is 36.4 Å². The largest absolute Gasteiger partial charge is 0.489 e. The number of hydrogen-bond donors (Lipinski definition) is 1. The van der Waals surface area contributed by atoms with Gasteiger partial charge in [-0.1, -0.05) is 75.5 Å². The van der Waals surface area contributed by atoms with Crippen molar-refractivity contribution in [1.29, 1.82) is 5.26 Å². The number of hydrogen-bond acceptors (Lipinski definition) is 4. The van der Waals surface area contributed by atoms with Crippen LogP contribution < -0.4 is 14.8 Å². The molecule has 5 nitrogen and oxygen atoms in total. The van der Waals surface area contributed by atoms with Crippen molar-refractivity contribution in [2.45, 2.75) is 13.2 Å². The first-order valence-electron chi connectivity index (χ1n) is 11.5. The zero-order valence-electron chi connectivity index (χ0n) is 20.0. The first-order valence-corrected chi connectivity index (χ1v) is 13.0. The summed E-state index contributed by atoms with van der Waals surface area (Å²) >= 11 is 15.5. The van der Waals surface area contributed by atoms with Gasteiger partial charge in [0.25, 0.3) is 5.91 Å². The van der Waals surface area contributed by atoms with Crippen molar-refractivity contribution in [3.8, 4) is 17.6 Å². The van der Waals surface area contributed by atoms with Crippen LogP contribution in [0.25, 0.3) is 6.08 Å². The lowest BCUT2D eigenvalue weighted by atomic mass is 10.1. The summed E-state index contributed by atoms with van der Waals surface area (Å²) in [6.07, 6.45) is 1.49. The molecule has 1 amide bonds. The molecule has 0 atom stereocenters. The number of anilines is 1. The Morgan fingerprint density at radius 2 is 1.61 bits per heavy atom. The number of nitriles is 1. The van der Waals surface area contributed by atoms with Crippen LogP contribution in [0.2, 0.25) is 10.0 Å². The molecule has 0 bridgehead atoms. The maximum Gasteiger partial charge on any atom is 0.266 e. The molecule has 8 heteroatoms. The van der Waals surface area contributed by atoms with Crippen LogP contribution in [0.15, 0.2) is 101 Å². The summed E-state index contributed by atoms with van der Waals surface area (Å²) in [7, 11) is 0. The Hall–Kier alpha value is -3.76. The first-order chi connectivity index (χ1) is 18.4. The van der Waals surface area contributed by atoms with Gasteiger partial charge in [-0.25, -0.2) is 0 Å². The standard InChI is InChI=1S/C30H21BrCl2N2O3/c31-24-7-13-29(38-19-21-6-12-27(32)28(33)14-21)22(16-24)15-23(17-34)30(36)35-25-8-10-26(11-9-25)37-18-20-4-2-1-3-5-20/h1-16H,18-19H2,(H,35,36)/b23-15+. The maximum absolute atomic E-state index is 12.9. The smallest absolute Gasteiger partial charge is 0.266 e. The third-order valence-corrected chi connectivity index (χ3v) is 6.61. The van der Waals surface area contributed by atoms with Crippen LogP contribution >= 0.6 is 39.1 Å². The SMILES string of the molecule is N#C/C(=C\c1cc(Br)ccc1OCc1ccc(Cl)c(Cl)c1)C(=O)Nc1ccc(OCc2ccccc2)cc1. The van der Waals surface area contributed by atoms with E-state index in [2.05, 4.69) is 21.2 Å². The molecular weight excluding hydrogens is 587 g/mol. The van der Waals surface area contributed by atoms with Gasteiger partial charge in [0, 0.05) is 15.7 Å². The van der Waals surface area contributed by atoms with E-state index < -0.39 is 5.91 Å². The summed E-state index contributed by atoms with van der Waals surface area (Å²) in [5.74, 6) is 0.626. The molecular formula is C30H21BrCl2N2O3. The number of benzene rings is 4.